The van der Waals surface area contributed by atoms with Gasteiger partial charge in [-0.05, 0) is 54.7 Å². The maximum absolute atomic E-state index is 6.48. The third kappa shape index (κ3) is 3.22. The van der Waals surface area contributed by atoms with Gasteiger partial charge in [0.05, 0.1) is 6.61 Å². The van der Waals surface area contributed by atoms with Crippen molar-refractivity contribution in [2.24, 2.45) is 5.73 Å². The van der Waals surface area contributed by atoms with Crippen LogP contribution >= 0.6 is 11.6 Å². The highest BCUT2D eigenvalue weighted by Crippen LogP contribution is 2.29. The molecule has 2 N–H and O–H groups in total. The average molecular weight is 302 g/mol. The fraction of sp³-hybridized carbons (Fsp3) is 0.333. The summed E-state index contributed by atoms with van der Waals surface area (Å²) in [6.07, 6.45) is 2.84. The third-order valence-corrected chi connectivity index (χ3v) is 4.41. The molecule has 1 unspecified atom stereocenters. The quantitative estimate of drug-likeness (QED) is 0.923. The fourth-order valence-electron chi connectivity index (χ4n) is 2.79. The Kier molecular flexibility index (Phi) is 3.92. The second-order valence-corrected chi connectivity index (χ2v) is 6.40. The van der Waals surface area contributed by atoms with Crippen molar-refractivity contribution in [3.05, 3.63) is 64.2 Å². The number of fused-ring (bicyclic) bond motifs is 1. The number of hydrogen-bond acceptors (Lipinski definition) is 2. The van der Waals surface area contributed by atoms with Crippen LogP contribution in [0, 0.1) is 0 Å². The van der Waals surface area contributed by atoms with Crippen LogP contribution in [0.5, 0.6) is 5.75 Å². The van der Waals surface area contributed by atoms with Crippen LogP contribution in [0.25, 0.3) is 0 Å². The van der Waals surface area contributed by atoms with E-state index >= 15 is 0 Å². The van der Waals surface area contributed by atoms with Gasteiger partial charge >= 0.3 is 0 Å². The highest BCUT2D eigenvalue weighted by Gasteiger charge is 2.21. The van der Waals surface area contributed by atoms with Crippen molar-refractivity contribution >= 4 is 11.6 Å². The minimum absolute atomic E-state index is 0.375. The SMILES string of the molecule is CC(N)(CCc1ccc2c(c1)CCO2)c1cccc(Cl)c1. The van der Waals surface area contributed by atoms with Gasteiger partial charge in [-0.2, -0.15) is 0 Å². The summed E-state index contributed by atoms with van der Waals surface area (Å²) in [4.78, 5) is 0. The van der Waals surface area contributed by atoms with Crippen molar-refractivity contribution in [1.82, 2.24) is 0 Å². The van der Waals surface area contributed by atoms with Crippen LogP contribution in [0.1, 0.15) is 30.0 Å². The smallest absolute Gasteiger partial charge is 0.122 e. The van der Waals surface area contributed by atoms with Crippen molar-refractivity contribution in [3.63, 3.8) is 0 Å². The van der Waals surface area contributed by atoms with Crippen LogP contribution in [-0.4, -0.2) is 6.61 Å². The summed E-state index contributed by atoms with van der Waals surface area (Å²) in [6.45, 7) is 2.87. The summed E-state index contributed by atoms with van der Waals surface area (Å²) in [5.74, 6) is 1.03. The van der Waals surface area contributed by atoms with E-state index in [-0.39, 0.29) is 5.54 Å². The molecule has 0 saturated heterocycles. The fourth-order valence-corrected chi connectivity index (χ4v) is 2.98. The molecule has 1 aliphatic rings. The van der Waals surface area contributed by atoms with Crippen LogP contribution in [0.15, 0.2) is 42.5 Å². The van der Waals surface area contributed by atoms with Crippen molar-refractivity contribution in [1.29, 1.82) is 0 Å². The topological polar surface area (TPSA) is 35.2 Å². The van der Waals surface area contributed by atoms with Gasteiger partial charge in [-0.1, -0.05) is 35.9 Å². The van der Waals surface area contributed by atoms with Gasteiger partial charge in [0.1, 0.15) is 5.75 Å². The lowest BCUT2D eigenvalue weighted by Gasteiger charge is -2.25. The van der Waals surface area contributed by atoms with E-state index in [1.165, 1.54) is 11.1 Å². The molecule has 0 aromatic heterocycles. The number of rotatable bonds is 4. The first kappa shape index (κ1) is 14.4. The number of hydrogen-bond donors (Lipinski definition) is 1. The standard InChI is InChI=1S/C18H20ClNO/c1-18(20,15-3-2-4-16(19)12-15)9-7-13-5-6-17-14(11-13)8-10-21-17/h2-6,11-12H,7-10,20H2,1H3. The number of nitrogens with two attached hydrogens (primary N) is 1. The van der Waals surface area contributed by atoms with Crippen LogP contribution in [0.3, 0.4) is 0 Å². The molecule has 1 aliphatic heterocycles. The zero-order valence-corrected chi connectivity index (χ0v) is 13.0. The first-order valence-electron chi connectivity index (χ1n) is 7.34. The molecule has 0 spiro atoms. The van der Waals surface area contributed by atoms with E-state index in [9.17, 15) is 0 Å². The molecule has 2 aromatic rings. The molecule has 0 saturated carbocycles. The average Bonchev–Trinajstić information content (AvgIpc) is 2.93. The number of aryl methyl sites for hydroxylation is 1. The number of ether oxygens (including phenoxy) is 1. The van der Waals surface area contributed by atoms with Crippen molar-refractivity contribution < 1.29 is 4.74 Å². The molecule has 2 aromatic carbocycles. The van der Waals surface area contributed by atoms with E-state index in [4.69, 9.17) is 22.1 Å². The summed E-state index contributed by atoms with van der Waals surface area (Å²) in [7, 11) is 0. The Morgan fingerprint density at radius 1 is 1.24 bits per heavy atom. The van der Waals surface area contributed by atoms with Crippen LogP contribution in [0.2, 0.25) is 5.02 Å². The van der Waals surface area contributed by atoms with Crippen molar-refractivity contribution in [3.8, 4) is 5.75 Å². The summed E-state index contributed by atoms with van der Waals surface area (Å²) in [5, 5.41) is 0.735. The van der Waals surface area contributed by atoms with Crippen LogP contribution in [0.4, 0.5) is 0 Å². The highest BCUT2D eigenvalue weighted by molar-refractivity contribution is 6.30. The van der Waals surface area contributed by atoms with Gasteiger partial charge in [-0.15, -0.1) is 0 Å². The summed E-state index contributed by atoms with van der Waals surface area (Å²) < 4.78 is 5.54. The first-order chi connectivity index (χ1) is 10.0. The van der Waals surface area contributed by atoms with Gasteiger partial charge in [0.25, 0.3) is 0 Å². The normalized spacial score (nSPS) is 16.1. The number of halogens is 1. The molecule has 110 valence electrons. The zero-order chi connectivity index (χ0) is 14.9. The minimum atomic E-state index is -0.375. The largest absolute Gasteiger partial charge is 0.493 e. The monoisotopic (exact) mass is 301 g/mol. The molecule has 0 amide bonds. The van der Waals surface area contributed by atoms with E-state index in [1.807, 2.05) is 24.3 Å². The second kappa shape index (κ2) is 5.70. The Labute approximate surface area is 130 Å². The predicted molar refractivity (Wildman–Crippen MR) is 87.0 cm³/mol. The lowest BCUT2D eigenvalue weighted by atomic mass is 9.87. The van der Waals surface area contributed by atoms with Crippen LogP contribution in [-0.2, 0) is 18.4 Å². The van der Waals surface area contributed by atoms with Crippen LogP contribution < -0.4 is 10.5 Å². The molecular formula is C18H20ClNO. The van der Waals surface area contributed by atoms with E-state index in [2.05, 4.69) is 25.1 Å². The van der Waals surface area contributed by atoms with Crippen molar-refractivity contribution in [2.75, 3.05) is 6.61 Å². The molecule has 3 heteroatoms. The molecule has 0 radical (unpaired) electrons. The van der Waals surface area contributed by atoms with Gasteiger partial charge in [0.15, 0.2) is 0 Å². The maximum Gasteiger partial charge on any atom is 0.122 e. The van der Waals surface area contributed by atoms with Crippen molar-refractivity contribution in [2.45, 2.75) is 31.7 Å². The second-order valence-electron chi connectivity index (χ2n) is 5.97. The lowest BCUT2D eigenvalue weighted by molar-refractivity contribution is 0.357. The van der Waals surface area contributed by atoms with Gasteiger partial charge in [0, 0.05) is 17.0 Å². The predicted octanol–water partition coefficient (Wildman–Crippen LogP) is 4.08. The third-order valence-electron chi connectivity index (χ3n) is 4.17. The molecule has 0 aliphatic carbocycles. The van der Waals surface area contributed by atoms with Gasteiger partial charge in [-0.3, -0.25) is 0 Å². The Hall–Kier alpha value is -1.51. The Balaban J connectivity index is 1.71. The first-order valence-corrected chi connectivity index (χ1v) is 7.72. The molecular weight excluding hydrogens is 282 g/mol. The Morgan fingerprint density at radius 3 is 2.90 bits per heavy atom. The Morgan fingerprint density at radius 2 is 2.10 bits per heavy atom. The van der Waals surface area contributed by atoms with E-state index in [0.29, 0.717) is 0 Å². The van der Waals surface area contributed by atoms with E-state index in [1.54, 1.807) is 0 Å². The summed E-state index contributed by atoms with van der Waals surface area (Å²) in [6, 6.07) is 14.3. The zero-order valence-electron chi connectivity index (χ0n) is 12.2. The molecule has 1 heterocycles. The summed E-state index contributed by atoms with van der Waals surface area (Å²) in [5.41, 5.74) is 9.82. The van der Waals surface area contributed by atoms with Gasteiger partial charge in [-0.25, -0.2) is 0 Å². The maximum atomic E-state index is 6.48. The highest BCUT2D eigenvalue weighted by atomic mass is 35.5. The summed E-state index contributed by atoms with van der Waals surface area (Å²) >= 11 is 6.06. The molecule has 0 fully saturated rings. The molecule has 21 heavy (non-hydrogen) atoms. The lowest BCUT2D eigenvalue weighted by Crippen LogP contribution is -2.33. The molecule has 2 nitrogen and oxygen atoms in total. The van der Waals surface area contributed by atoms with E-state index in [0.717, 1.165) is 42.2 Å². The molecule has 0 bridgehead atoms. The number of benzene rings is 2. The van der Waals surface area contributed by atoms with Gasteiger partial charge < -0.3 is 10.5 Å². The van der Waals surface area contributed by atoms with E-state index < -0.39 is 0 Å². The molecule has 1 atom stereocenters. The van der Waals surface area contributed by atoms with Gasteiger partial charge in [0.2, 0.25) is 0 Å². The Bertz CT molecular complexity index is 651. The molecule has 3 rings (SSSR count). The minimum Gasteiger partial charge on any atom is -0.493 e.